The Morgan fingerprint density at radius 3 is 2.75 bits per heavy atom. The van der Waals surface area contributed by atoms with E-state index >= 15 is 0 Å². The Bertz CT molecular complexity index is 779. The topological polar surface area (TPSA) is 82.8 Å². The lowest BCUT2D eigenvalue weighted by atomic mass is 10.2. The fourth-order valence-corrected chi connectivity index (χ4v) is 3.12. The number of aromatic nitrogens is 1. The maximum atomic E-state index is 12.1. The highest BCUT2D eigenvalue weighted by Gasteiger charge is 2.24. The van der Waals surface area contributed by atoms with Gasteiger partial charge in [-0.15, -0.1) is 0 Å². The highest BCUT2D eigenvalue weighted by Crippen LogP contribution is 2.23. The number of anilines is 1. The van der Waals surface area contributed by atoms with E-state index < -0.39 is 15.3 Å². The van der Waals surface area contributed by atoms with Gasteiger partial charge in [0.1, 0.15) is 0 Å². The summed E-state index contributed by atoms with van der Waals surface area (Å²) in [7, 11) is -3.73. The lowest BCUT2D eigenvalue weighted by Gasteiger charge is -2.13. The molecule has 1 N–H and O–H groups in total. The summed E-state index contributed by atoms with van der Waals surface area (Å²) in [4.78, 5) is 4.36. The predicted molar refractivity (Wildman–Crippen MR) is 78.7 cm³/mol. The first-order valence-electron chi connectivity index (χ1n) is 6.25. The molecular formula is C14H15N3O2S. The van der Waals surface area contributed by atoms with Crippen LogP contribution in [0, 0.1) is 18.3 Å². The molecule has 5 nitrogen and oxygen atoms in total. The molecule has 0 spiro atoms. The number of nitrogens with one attached hydrogen (secondary N) is 1. The molecule has 1 unspecified atom stereocenters. The Hall–Kier alpha value is -2.13. The van der Waals surface area contributed by atoms with E-state index in [2.05, 4.69) is 9.71 Å². The number of nitrogens with zero attached hydrogens (tertiary/aromatic N) is 2. The van der Waals surface area contributed by atoms with Crippen LogP contribution in [0.1, 0.15) is 19.0 Å². The summed E-state index contributed by atoms with van der Waals surface area (Å²) < 4.78 is 26.7. The maximum absolute atomic E-state index is 12.1. The summed E-state index contributed by atoms with van der Waals surface area (Å²) in [5, 5.41) is 8.69. The molecule has 1 aromatic carbocycles. The van der Waals surface area contributed by atoms with Crippen LogP contribution in [0.15, 0.2) is 30.3 Å². The number of aryl methyl sites for hydroxylation is 1. The number of fused-ring (bicyclic) bond motifs is 1. The third-order valence-corrected chi connectivity index (χ3v) is 4.69. The number of sulfonamides is 1. The van der Waals surface area contributed by atoms with Crippen molar-refractivity contribution in [2.24, 2.45) is 0 Å². The van der Waals surface area contributed by atoms with Gasteiger partial charge in [0.05, 0.1) is 17.3 Å². The quantitative estimate of drug-likeness (QED) is 0.937. The molecule has 6 heteroatoms. The van der Waals surface area contributed by atoms with Crippen LogP contribution in [-0.2, 0) is 10.0 Å². The van der Waals surface area contributed by atoms with E-state index in [-0.39, 0.29) is 6.42 Å². The summed E-state index contributed by atoms with van der Waals surface area (Å²) in [6, 6.07) is 10.8. The third-order valence-electron chi connectivity index (χ3n) is 3.00. The zero-order valence-electron chi connectivity index (χ0n) is 11.3. The fourth-order valence-electron chi connectivity index (χ4n) is 1.93. The van der Waals surface area contributed by atoms with Crippen molar-refractivity contribution in [1.82, 2.24) is 4.98 Å². The van der Waals surface area contributed by atoms with Crippen LogP contribution in [0.3, 0.4) is 0 Å². The molecule has 0 aliphatic rings. The molecule has 0 aliphatic carbocycles. The average molecular weight is 289 g/mol. The number of hydrogen-bond acceptors (Lipinski definition) is 4. The number of pyridine rings is 1. The first kappa shape index (κ1) is 14.3. The summed E-state index contributed by atoms with van der Waals surface area (Å²) in [5.74, 6) is 0. The van der Waals surface area contributed by atoms with Crippen LogP contribution in [0.25, 0.3) is 10.9 Å². The molecule has 1 aromatic heterocycles. The van der Waals surface area contributed by atoms with Gasteiger partial charge in [0.15, 0.2) is 5.25 Å². The first-order valence-corrected chi connectivity index (χ1v) is 7.80. The normalized spacial score (nSPS) is 12.8. The number of hydrogen-bond donors (Lipinski definition) is 1. The standard InChI is InChI=1S/C14H15N3O2S/c1-3-12(9-15)20(18,19)17-13-6-4-5-11-8-7-10(2)16-14(11)13/h4-8,12,17H,3H2,1-2H3. The molecule has 0 aliphatic heterocycles. The zero-order chi connectivity index (χ0) is 14.8. The van der Waals surface area contributed by atoms with Crippen molar-refractivity contribution < 1.29 is 8.42 Å². The Labute approximate surface area is 118 Å². The molecular weight excluding hydrogens is 274 g/mol. The third kappa shape index (κ3) is 2.73. The second-order valence-electron chi connectivity index (χ2n) is 4.50. The predicted octanol–water partition coefficient (Wildman–Crippen LogP) is 2.59. The monoisotopic (exact) mass is 289 g/mol. The number of benzene rings is 1. The van der Waals surface area contributed by atoms with Crippen molar-refractivity contribution in [1.29, 1.82) is 5.26 Å². The Balaban J connectivity index is 2.50. The molecule has 0 saturated heterocycles. The summed E-state index contributed by atoms with van der Waals surface area (Å²) in [6.07, 6.45) is 0.239. The van der Waals surface area contributed by atoms with Gasteiger partial charge in [0.2, 0.25) is 10.0 Å². The van der Waals surface area contributed by atoms with Crippen LogP contribution in [0.2, 0.25) is 0 Å². The number of nitriles is 1. The van der Waals surface area contributed by atoms with Gasteiger partial charge in [-0.1, -0.05) is 25.1 Å². The maximum Gasteiger partial charge on any atom is 0.249 e. The Morgan fingerprint density at radius 1 is 1.35 bits per heavy atom. The summed E-state index contributed by atoms with van der Waals surface area (Å²) in [5.41, 5.74) is 1.79. The van der Waals surface area contributed by atoms with E-state index in [1.54, 1.807) is 25.1 Å². The van der Waals surface area contributed by atoms with Crippen molar-refractivity contribution >= 4 is 26.6 Å². The van der Waals surface area contributed by atoms with Crippen molar-refractivity contribution in [3.8, 4) is 6.07 Å². The van der Waals surface area contributed by atoms with E-state index in [1.807, 2.05) is 25.1 Å². The van der Waals surface area contributed by atoms with Gasteiger partial charge in [0.25, 0.3) is 0 Å². The molecule has 0 fully saturated rings. The zero-order valence-corrected chi connectivity index (χ0v) is 12.1. The smallest absolute Gasteiger partial charge is 0.249 e. The summed E-state index contributed by atoms with van der Waals surface area (Å²) in [6.45, 7) is 3.51. The minimum Gasteiger partial charge on any atom is -0.280 e. The van der Waals surface area contributed by atoms with Crippen LogP contribution in [0.4, 0.5) is 5.69 Å². The van der Waals surface area contributed by atoms with Gasteiger partial charge in [-0.05, 0) is 25.5 Å². The van der Waals surface area contributed by atoms with E-state index in [1.165, 1.54) is 0 Å². The molecule has 0 radical (unpaired) electrons. The lowest BCUT2D eigenvalue weighted by molar-refractivity contribution is 0.593. The first-order chi connectivity index (χ1) is 9.47. The van der Waals surface area contributed by atoms with Crippen LogP contribution in [-0.4, -0.2) is 18.7 Å². The van der Waals surface area contributed by atoms with Gasteiger partial charge in [0, 0.05) is 11.1 Å². The average Bonchev–Trinajstić information content (AvgIpc) is 2.40. The van der Waals surface area contributed by atoms with Gasteiger partial charge < -0.3 is 0 Å². The van der Waals surface area contributed by atoms with E-state index in [4.69, 9.17) is 5.26 Å². The highest BCUT2D eigenvalue weighted by atomic mass is 32.2. The molecule has 1 atom stereocenters. The highest BCUT2D eigenvalue weighted by molar-refractivity contribution is 7.93. The van der Waals surface area contributed by atoms with Crippen molar-refractivity contribution in [3.05, 3.63) is 36.0 Å². The molecule has 0 amide bonds. The molecule has 1 heterocycles. The van der Waals surface area contributed by atoms with Gasteiger partial charge in [-0.3, -0.25) is 9.71 Å². The van der Waals surface area contributed by atoms with Gasteiger partial charge >= 0.3 is 0 Å². The largest absolute Gasteiger partial charge is 0.280 e. The van der Waals surface area contributed by atoms with Gasteiger partial charge in [-0.25, -0.2) is 8.42 Å². The number of rotatable bonds is 4. The van der Waals surface area contributed by atoms with Crippen LogP contribution < -0.4 is 4.72 Å². The molecule has 2 aromatic rings. The fraction of sp³-hybridized carbons (Fsp3) is 0.286. The van der Waals surface area contributed by atoms with Crippen molar-refractivity contribution in [2.75, 3.05) is 4.72 Å². The van der Waals surface area contributed by atoms with Crippen LogP contribution >= 0.6 is 0 Å². The van der Waals surface area contributed by atoms with E-state index in [0.29, 0.717) is 11.2 Å². The van der Waals surface area contributed by atoms with Crippen LogP contribution in [0.5, 0.6) is 0 Å². The molecule has 104 valence electrons. The SMILES string of the molecule is CCC(C#N)S(=O)(=O)Nc1cccc2ccc(C)nc12. The van der Waals surface area contributed by atoms with Gasteiger partial charge in [-0.2, -0.15) is 5.26 Å². The number of para-hydroxylation sites is 1. The van der Waals surface area contributed by atoms with E-state index in [9.17, 15) is 8.42 Å². The van der Waals surface area contributed by atoms with Crippen molar-refractivity contribution in [2.45, 2.75) is 25.5 Å². The minimum absolute atomic E-state index is 0.239. The van der Waals surface area contributed by atoms with Crippen molar-refractivity contribution in [3.63, 3.8) is 0 Å². The molecule has 0 bridgehead atoms. The summed E-state index contributed by atoms with van der Waals surface area (Å²) >= 11 is 0. The Kier molecular flexibility index (Phi) is 3.91. The second-order valence-corrected chi connectivity index (χ2v) is 6.37. The Morgan fingerprint density at radius 2 is 2.10 bits per heavy atom. The second kappa shape index (κ2) is 5.47. The molecule has 0 saturated carbocycles. The lowest BCUT2D eigenvalue weighted by Crippen LogP contribution is -2.26. The molecule has 20 heavy (non-hydrogen) atoms. The minimum atomic E-state index is -3.73. The van der Waals surface area contributed by atoms with E-state index in [0.717, 1.165) is 11.1 Å². The molecule has 2 rings (SSSR count).